The molecule has 88 valence electrons. The van der Waals surface area contributed by atoms with Gasteiger partial charge in [0, 0.05) is 0 Å². The highest BCUT2D eigenvalue weighted by molar-refractivity contribution is 5.32. The molecule has 1 fully saturated rings. The predicted octanol–water partition coefficient (Wildman–Crippen LogP) is 4.16. The molecular formula is C15H22O. The van der Waals surface area contributed by atoms with E-state index in [0.29, 0.717) is 0 Å². The van der Waals surface area contributed by atoms with Gasteiger partial charge in [0.2, 0.25) is 0 Å². The summed E-state index contributed by atoms with van der Waals surface area (Å²) in [6.07, 6.45) is 4.08. The average Bonchev–Trinajstić information content (AvgIpc) is 2.14. The number of hydrogen-bond acceptors (Lipinski definition) is 1. The molecule has 0 atom stereocenters. The summed E-state index contributed by atoms with van der Waals surface area (Å²) in [6.45, 7) is 7.60. The van der Waals surface area contributed by atoms with Crippen molar-refractivity contribution in [2.45, 2.75) is 45.4 Å². The van der Waals surface area contributed by atoms with Crippen molar-refractivity contribution in [2.24, 2.45) is 5.92 Å². The van der Waals surface area contributed by atoms with E-state index in [9.17, 15) is 0 Å². The summed E-state index contributed by atoms with van der Waals surface area (Å²) >= 11 is 0. The molecule has 1 aromatic rings. The maximum absolute atomic E-state index is 5.85. The van der Waals surface area contributed by atoms with E-state index in [2.05, 4.69) is 45.0 Å². The van der Waals surface area contributed by atoms with Gasteiger partial charge in [-0.05, 0) is 41.9 Å². The molecule has 0 saturated heterocycles. The molecule has 1 aromatic carbocycles. The van der Waals surface area contributed by atoms with E-state index in [1.165, 1.54) is 24.8 Å². The first-order chi connectivity index (χ1) is 7.55. The Labute approximate surface area is 98.8 Å². The summed E-state index contributed by atoms with van der Waals surface area (Å²) in [5, 5.41) is 0. The molecule has 0 spiro atoms. The Balaban J connectivity index is 1.98. The third kappa shape index (κ3) is 2.78. The summed E-state index contributed by atoms with van der Waals surface area (Å²) in [7, 11) is 0. The molecule has 2 rings (SSSR count). The molecule has 1 nitrogen and oxygen atoms in total. The van der Waals surface area contributed by atoms with Gasteiger partial charge in [0.1, 0.15) is 5.75 Å². The summed E-state index contributed by atoms with van der Waals surface area (Å²) in [6, 6.07) is 8.51. The Morgan fingerprint density at radius 3 is 2.56 bits per heavy atom. The van der Waals surface area contributed by atoms with Gasteiger partial charge in [-0.1, -0.05) is 39.3 Å². The third-order valence-corrected chi connectivity index (χ3v) is 3.41. The highest BCUT2D eigenvalue weighted by atomic mass is 16.5. The van der Waals surface area contributed by atoms with Crippen LogP contribution in [0, 0.1) is 5.92 Å². The van der Waals surface area contributed by atoms with Crippen molar-refractivity contribution in [3.05, 3.63) is 29.8 Å². The molecule has 0 unspecified atom stereocenters. The van der Waals surface area contributed by atoms with E-state index in [1.807, 2.05) is 0 Å². The molecule has 0 aromatic heterocycles. The molecular weight excluding hydrogens is 196 g/mol. The summed E-state index contributed by atoms with van der Waals surface area (Å²) in [5.41, 5.74) is 1.55. The Bertz CT molecular complexity index is 345. The maximum atomic E-state index is 5.85. The smallest absolute Gasteiger partial charge is 0.119 e. The zero-order valence-electron chi connectivity index (χ0n) is 10.6. The van der Waals surface area contributed by atoms with Gasteiger partial charge in [0.05, 0.1) is 6.61 Å². The molecule has 0 aliphatic heterocycles. The molecule has 1 saturated carbocycles. The van der Waals surface area contributed by atoms with E-state index >= 15 is 0 Å². The average molecular weight is 218 g/mol. The molecule has 0 amide bonds. The van der Waals surface area contributed by atoms with E-state index in [0.717, 1.165) is 18.3 Å². The molecule has 0 N–H and O–H groups in total. The fourth-order valence-electron chi connectivity index (χ4n) is 1.93. The fourth-order valence-corrected chi connectivity index (χ4v) is 1.93. The van der Waals surface area contributed by atoms with Crippen LogP contribution in [0.15, 0.2) is 24.3 Å². The van der Waals surface area contributed by atoms with Crippen LogP contribution in [-0.4, -0.2) is 6.61 Å². The van der Waals surface area contributed by atoms with Gasteiger partial charge in [0.25, 0.3) is 0 Å². The van der Waals surface area contributed by atoms with Crippen LogP contribution in [0.4, 0.5) is 0 Å². The Morgan fingerprint density at radius 1 is 1.25 bits per heavy atom. The quantitative estimate of drug-likeness (QED) is 0.740. The van der Waals surface area contributed by atoms with Gasteiger partial charge in [-0.15, -0.1) is 0 Å². The van der Waals surface area contributed by atoms with E-state index < -0.39 is 0 Å². The van der Waals surface area contributed by atoms with Gasteiger partial charge >= 0.3 is 0 Å². The van der Waals surface area contributed by atoms with Crippen molar-refractivity contribution in [2.75, 3.05) is 6.61 Å². The Kier molecular flexibility index (Phi) is 3.22. The van der Waals surface area contributed by atoms with Crippen LogP contribution in [-0.2, 0) is 5.41 Å². The summed E-state index contributed by atoms with van der Waals surface area (Å²) < 4.78 is 5.85. The van der Waals surface area contributed by atoms with E-state index in [-0.39, 0.29) is 5.41 Å². The van der Waals surface area contributed by atoms with Crippen LogP contribution in [0.5, 0.6) is 5.75 Å². The molecule has 1 aliphatic rings. The van der Waals surface area contributed by atoms with Gasteiger partial charge in [-0.25, -0.2) is 0 Å². The molecule has 0 heterocycles. The van der Waals surface area contributed by atoms with Crippen molar-refractivity contribution in [1.82, 2.24) is 0 Å². The van der Waals surface area contributed by atoms with Crippen LogP contribution in [0.3, 0.4) is 0 Å². The number of ether oxygens (including phenoxy) is 1. The normalized spacial score (nSPS) is 16.9. The lowest BCUT2D eigenvalue weighted by Crippen LogP contribution is -2.19. The number of benzene rings is 1. The largest absolute Gasteiger partial charge is 0.493 e. The maximum Gasteiger partial charge on any atom is 0.119 e. The minimum absolute atomic E-state index is 0.204. The molecule has 0 radical (unpaired) electrons. The Morgan fingerprint density at radius 2 is 2.00 bits per heavy atom. The van der Waals surface area contributed by atoms with Gasteiger partial charge in [0.15, 0.2) is 0 Å². The second kappa shape index (κ2) is 4.48. The molecule has 1 aliphatic carbocycles. The summed E-state index contributed by atoms with van der Waals surface area (Å²) in [4.78, 5) is 0. The van der Waals surface area contributed by atoms with Crippen molar-refractivity contribution >= 4 is 0 Å². The van der Waals surface area contributed by atoms with E-state index in [4.69, 9.17) is 4.74 Å². The van der Waals surface area contributed by atoms with Crippen molar-refractivity contribution in [3.63, 3.8) is 0 Å². The minimum atomic E-state index is 0.204. The van der Waals surface area contributed by atoms with Gasteiger partial charge in [-0.3, -0.25) is 0 Å². The third-order valence-electron chi connectivity index (χ3n) is 3.41. The molecule has 0 bridgehead atoms. The van der Waals surface area contributed by atoms with Crippen LogP contribution < -0.4 is 4.74 Å². The van der Waals surface area contributed by atoms with Crippen LogP contribution in [0.1, 0.15) is 45.6 Å². The zero-order valence-corrected chi connectivity index (χ0v) is 10.6. The lowest BCUT2D eigenvalue weighted by atomic mass is 9.86. The van der Waals surface area contributed by atoms with Gasteiger partial charge < -0.3 is 4.74 Å². The predicted molar refractivity (Wildman–Crippen MR) is 68.0 cm³/mol. The second-order valence-electron chi connectivity index (χ2n) is 5.89. The Hall–Kier alpha value is -0.980. The highest BCUT2D eigenvalue weighted by Gasteiger charge is 2.18. The zero-order chi connectivity index (χ0) is 11.6. The van der Waals surface area contributed by atoms with Crippen molar-refractivity contribution in [1.29, 1.82) is 0 Å². The topological polar surface area (TPSA) is 9.23 Å². The lowest BCUT2D eigenvalue weighted by Gasteiger charge is -2.25. The highest BCUT2D eigenvalue weighted by Crippen LogP contribution is 2.29. The standard InChI is InChI=1S/C15H22O/c1-15(2,3)13-8-5-9-14(10-13)16-11-12-6-4-7-12/h5,8-10,12H,4,6-7,11H2,1-3H3. The first-order valence-electron chi connectivity index (χ1n) is 6.29. The minimum Gasteiger partial charge on any atom is -0.493 e. The molecule has 1 heteroatoms. The monoisotopic (exact) mass is 218 g/mol. The number of rotatable bonds is 3. The SMILES string of the molecule is CC(C)(C)c1cccc(OCC2CCC2)c1. The first kappa shape index (κ1) is 11.5. The van der Waals surface area contributed by atoms with Crippen LogP contribution in [0.25, 0.3) is 0 Å². The lowest BCUT2D eigenvalue weighted by molar-refractivity contribution is 0.180. The van der Waals surface area contributed by atoms with Gasteiger partial charge in [-0.2, -0.15) is 0 Å². The first-order valence-corrected chi connectivity index (χ1v) is 6.29. The van der Waals surface area contributed by atoms with E-state index in [1.54, 1.807) is 0 Å². The summed E-state index contributed by atoms with van der Waals surface area (Å²) in [5.74, 6) is 1.83. The second-order valence-corrected chi connectivity index (χ2v) is 5.89. The van der Waals surface area contributed by atoms with Crippen LogP contribution >= 0.6 is 0 Å². The molecule has 16 heavy (non-hydrogen) atoms. The fraction of sp³-hybridized carbons (Fsp3) is 0.600. The van der Waals surface area contributed by atoms with Crippen molar-refractivity contribution in [3.8, 4) is 5.75 Å². The van der Waals surface area contributed by atoms with Crippen LogP contribution in [0.2, 0.25) is 0 Å². The van der Waals surface area contributed by atoms with Crippen molar-refractivity contribution < 1.29 is 4.74 Å². The number of hydrogen-bond donors (Lipinski definition) is 0.